The Labute approximate surface area is 251 Å². The second kappa shape index (κ2) is 12.3. The van der Waals surface area contributed by atoms with Crippen molar-refractivity contribution in [2.24, 2.45) is 22.7 Å². The Kier molecular flexibility index (Phi) is 8.29. The molecule has 2 aromatic carbocycles. The summed E-state index contributed by atoms with van der Waals surface area (Å²) in [6.45, 7) is 9.61. The molecule has 1 aromatic heterocycles. The van der Waals surface area contributed by atoms with Crippen molar-refractivity contribution in [1.82, 2.24) is 9.88 Å². The summed E-state index contributed by atoms with van der Waals surface area (Å²) in [5.74, 6) is 0.315. The average molecular weight is 587 g/mol. The van der Waals surface area contributed by atoms with Gasteiger partial charge in [-0.2, -0.15) is 0 Å². The number of carbonyl (C=O) groups excluding carboxylic acids is 1. The first-order valence-corrected chi connectivity index (χ1v) is 15.8. The van der Waals surface area contributed by atoms with Gasteiger partial charge in [-0.1, -0.05) is 17.7 Å². The van der Waals surface area contributed by atoms with Crippen molar-refractivity contribution in [3.05, 3.63) is 64.0 Å². The number of anilines is 1. The first-order valence-electron chi connectivity index (χ1n) is 14.9. The summed E-state index contributed by atoms with van der Waals surface area (Å²) in [6.07, 6.45) is 5.25. The van der Waals surface area contributed by atoms with Gasteiger partial charge in [-0.3, -0.25) is 14.6 Å². The quantitative estimate of drug-likeness (QED) is 0.306. The van der Waals surface area contributed by atoms with Gasteiger partial charge in [-0.15, -0.1) is 11.3 Å². The van der Waals surface area contributed by atoms with Crippen LogP contribution in [0.4, 0.5) is 5.13 Å². The van der Waals surface area contributed by atoms with Gasteiger partial charge in [-0.05, 0) is 93.0 Å². The van der Waals surface area contributed by atoms with Crippen molar-refractivity contribution in [2.45, 2.75) is 52.2 Å². The van der Waals surface area contributed by atoms with E-state index in [0.29, 0.717) is 18.7 Å². The molecule has 1 N–H and O–H groups in total. The van der Waals surface area contributed by atoms with E-state index in [1.54, 1.807) is 11.3 Å². The van der Waals surface area contributed by atoms with Crippen LogP contribution in [0.1, 0.15) is 59.2 Å². The molecule has 42 heavy (non-hydrogen) atoms. The second-order valence-corrected chi connectivity index (χ2v) is 12.7. The summed E-state index contributed by atoms with van der Waals surface area (Å²) in [4.78, 5) is 38.2. The molecule has 8 nitrogen and oxygen atoms in total. The fourth-order valence-electron chi connectivity index (χ4n) is 6.89. The van der Waals surface area contributed by atoms with Gasteiger partial charge in [0.25, 0.3) is 5.91 Å². The number of carboxylic acids is 1. The molecule has 1 aliphatic carbocycles. The molecule has 3 fully saturated rings. The van der Waals surface area contributed by atoms with Gasteiger partial charge >= 0.3 is 5.97 Å². The predicted molar refractivity (Wildman–Crippen MR) is 166 cm³/mol. The van der Waals surface area contributed by atoms with E-state index in [-0.39, 0.29) is 23.7 Å². The molecule has 0 spiro atoms. The van der Waals surface area contributed by atoms with Crippen molar-refractivity contribution in [3.63, 3.8) is 0 Å². The Morgan fingerprint density at radius 1 is 1.07 bits per heavy atom. The van der Waals surface area contributed by atoms with Crippen LogP contribution < -0.4 is 9.64 Å². The summed E-state index contributed by atoms with van der Waals surface area (Å²) in [5.41, 5.74) is 5.50. The number of carboxylic acid groups (broad SMARTS) is 1. The summed E-state index contributed by atoms with van der Waals surface area (Å²) in [6, 6.07) is 11.9. The van der Waals surface area contributed by atoms with E-state index in [4.69, 9.17) is 9.72 Å². The van der Waals surface area contributed by atoms with Crippen molar-refractivity contribution >= 4 is 35.1 Å². The maximum Gasteiger partial charge on any atom is 0.307 e. The third kappa shape index (κ3) is 5.79. The highest BCUT2D eigenvalue weighted by molar-refractivity contribution is 7.14. The molecule has 1 unspecified atom stereocenters. The number of nitrogens with zero attached hydrogens (tertiary/aromatic N) is 4. The number of carbonyl (C=O) groups is 2. The van der Waals surface area contributed by atoms with E-state index in [9.17, 15) is 14.7 Å². The number of fused-ring (bicyclic) bond motifs is 2. The summed E-state index contributed by atoms with van der Waals surface area (Å²) >= 11 is 1.60. The van der Waals surface area contributed by atoms with Crippen LogP contribution in [0.25, 0.3) is 11.3 Å². The smallest absolute Gasteiger partial charge is 0.307 e. The third-order valence-electron chi connectivity index (χ3n) is 9.05. The van der Waals surface area contributed by atoms with Crippen LogP contribution in [0, 0.1) is 24.7 Å². The number of benzene rings is 2. The first-order chi connectivity index (χ1) is 20.4. The van der Waals surface area contributed by atoms with Crippen molar-refractivity contribution in [3.8, 4) is 17.0 Å². The normalized spacial score (nSPS) is 21.8. The monoisotopic (exact) mass is 586 g/mol. The van der Waals surface area contributed by atoms with Crippen molar-refractivity contribution in [2.75, 3.05) is 31.1 Å². The van der Waals surface area contributed by atoms with Gasteiger partial charge in [0.05, 0.1) is 18.2 Å². The minimum atomic E-state index is -0.654. The number of aryl methyl sites for hydroxylation is 1. The Balaban J connectivity index is 1.19. The van der Waals surface area contributed by atoms with Crippen LogP contribution in [-0.4, -0.2) is 59.8 Å². The lowest BCUT2D eigenvalue weighted by molar-refractivity contribution is -0.144. The largest absolute Gasteiger partial charge is 0.488 e. The van der Waals surface area contributed by atoms with Crippen molar-refractivity contribution < 1.29 is 19.4 Å². The predicted octanol–water partition coefficient (Wildman–Crippen LogP) is 6.07. The van der Waals surface area contributed by atoms with Crippen LogP contribution >= 0.6 is 11.3 Å². The number of rotatable bonds is 9. The standard InChI is InChI=1S/C33H38N4O4S/c1-21-6-11-29(41-19-25-10-7-22(15-26(25)16-34-2)31(38)36-12-4-3-5-13-36)27(14-21)28-20-42-33(35-28)37-17-23-8-9-24(18-37)30(23)32(39)40/h6-7,10-11,14-15,20,23-24,30H,2-5,8-9,12-13,16-19H2,1H3,(H,39,40)/t23-,24?,30+/m0/s1. The lowest BCUT2D eigenvalue weighted by atomic mass is 9.85. The number of thiazole rings is 1. The Hall–Kier alpha value is -3.72. The Bertz CT molecular complexity index is 1470. The number of amides is 1. The SMILES string of the molecule is C=NCc1cc(C(=O)N2CCCCC2)ccc1COc1ccc(C)cc1-c1csc(N2CC3CC[C@@H](C2)[C@H]3C(=O)O)n1. The molecule has 3 aromatic rings. The maximum absolute atomic E-state index is 13.1. The molecular formula is C33H38N4O4S. The maximum atomic E-state index is 13.1. The number of piperidine rings is 2. The molecular weight excluding hydrogens is 548 g/mol. The van der Waals surface area contributed by atoms with Gasteiger partial charge in [0.2, 0.25) is 0 Å². The molecule has 3 aliphatic rings. The lowest BCUT2D eigenvalue weighted by Crippen LogP contribution is -2.44. The highest BCUT2D eigenvalue weighted by Gasteiger charge is 2.46. The molecule has 2 saturated heterocycles. The van der Waals surface area contributed by atoms with Crippen LogP contribution in [0.3, 0.4) is 0 Å². The van der Waals surface area contributed by atoms with E-state index >= 15 is 0 Å². The van der Waals surface area contributed by atoms with E-state index in [1.807, 2.05) is 35.2 Å². The number of aliphatic carboxylic acids is 1. The van der Waals surface area contributed by atoms with Crippen LogP contribution in [-0.2, 0) is 17.9 Å². The molecule has 2 bridgehead atoms. The van der Waals surface area contributed by atoms with Crippen LogP contribution in [0.5, 0.6) is 5.75 Å². The van der Waals surface area contributed by atoms with E-state index in [0.717, 1.165) is 90.7 Å². The zero-order chi connectivity index (χ0) is 29.2. The third-order valence-corrected chi connectivity index (χ3v) is 9.96. The highest BCUT2D eigenvalue weighted by atomic mass is 32.1. The summed E-state index contributed by atoms with van der Waals surface area (Å²) in [7, 11) is 0. The van der Waals surface area contributed by atoms with Crippen molar-refractivity contribution in [1.29, 1.82) is 0 Å². The summed E-state index contributed by atoms with van der Waals surface area (Å²) < 4.78 is 6.40. The Morgan fingerprint density at radius 2 is 1.83 bits per heavy atom. The number of likely N-dealkylation sites (tertiary alicyclic amines) is 1. The molecule has 1 saturated carbocycles. The molecule has 6 rings (SSSR count). The molecule has 2 aliphatic heterocycles. The molecule has 3 atom stereocenters. The van der Waals surface area contributed by atoms with E-state index in [2.05, 4.69) is 35.0 Å². The number of ether oxygens (including phenoxy) is 1. The molecule has 9 heteroatoms. The number of hydrogen-bond acceptors (Lipinski definition) is 7. The van der Waals surface area contributed by atoms with E-state index < -0.39 is 5.97 Å². The molecule has 0 radical (unpaired) electrons. The molecule has 1 amide bonds. The number of aromatic nitrogens is 1. The van der Waals surface area contributed by atoms with Gasteiger partial charge in [-0.25, -0.2) is 4.98 Å². The fourth-order valence-corrected chi connectivity index (χ4v) is 7.73. The topological polar surface area (TPSA) is 95.3 Å². The minimum absolute atomic E-state index is 0.0767. The zero-order valence-electron chi connectivity index (χ0n) is 24.1. The second-order valence-electron chi connectivity index (χ2n) is 11.9. The molecule has 3 heterocycles. The van der Waals surface area contributed by atoms with Crippen LogP contribution in [0.2, 0.25) is 0 Å². The van der Waals surface area contributed by atoms with Gasteiger partial charge in [0.1, 0.15) is 12.4 Å². The molecule has 220 valence electrons. The van der Waals surface area contributed by atoms with E-state index in [1.165, 1.54) is 6.42 Å². The fraction of sp³-hybridized carbons (Fsp3) is 0.455. The highest BCUT2D eigenvalue weighted by Crippen LogP contribution is 2.44. The minimum Gasteiger partial charge on any atom is -0.488 e. The average Bonchev–Trinajstić information content (AvgIpc) is 3.60. The number of aliphatic imine (C=N–C) groups is 1. The first kappa shape index (κ1) is 28.4. The van der Waals surface area contributed by atoms with Crippen LogP contribution in [0.15, 0.2) is 46.8 Å². The summed E-state index contributed by atoms with van der Waals surface area (Å²) in [5, 5.41) is 12.7. The lowest BCUT2D eigenvalue weighted by Gasteiger charge is -2.35. The van der Waals surface area contributed by atoms with Gasteiger partial charge < -0.3 is 19.6 Å². The zero-order valence-corrected chi connectivity index (χ0v) is 24.9. The Morgan fingerprint density at radius 3 is 2.55 bits per heavy atom. The number of hydrogen-bond donors (Lipinski definition) is 1. The van der Waals surface area contributed by atoms with Gasteiger partial charge in [0, 0.05) is 42.7 Å². The van der Waals surface area contributed by atoms with Gasteiger partial charge in [0.15, 0.2) is 5.13 Å².